The molecule has 9 nitrogen and oxygen atoms in total. The lowest BCUT2D eigenvalue weighted by molar-refractivity contribution is -0.139. The van der Waals surface area contributed by atoms with Gasteiger partial charge in [0.2, 0.25) is 5.91 Å². The van der Waals surface area contributed by atoms with Crippen LogP contribution < -0.4 is 10.1 Å². The fourth-order valence-electron chi connectivity index (χ4n) is 4.20. The summed E-state index contributed by atoms with van der Waals surface area (Å²) in [6.07, 6.45) is -0.280. The number of ether oxygens (including phenoxy) is 3. The molecule has 0 radical (unpaired) electrons. The minimum atomic E-state index is -0.296. The van der Waals surface area contributed by atoms with Gasteiger partial charge in [0.15, 0.2) is 0 Å². The maximum Gasteiger partial charge on any atom is 0.257 e. The number of nitrogens with zero attached hydrogens (tertiary/aromatic N) is 2. The molecular weight excluding hydrogens is 462 g/mol. The molecule has 3 rings (SSSR count). The summed E-state index contributed by atoms with van der Waals surface area (Å²) >= 11 is 0. The smallest absolute Gasteiger partial charge is 0.257 e. The van der Waals surface area contributed by atoms with Crippen molar-refractivity contribution in [2.75, 3.05) is 52.9 Å². The van der Waals surface area contributed by atoms with Crippen molar-refractivity contribution < 1.29 is 28.6 Å². The molecule has 0 fully saturated rings. The largest absolute Gasteiger partial charge is 0.491 e. The molecule has 36 heavy (non-hydrogen) atoms. The van der Waals surface area contributed by atoms with E-state index in [1.165, 1.54) is 7.11 Å². The Hall–Kier alpha value is -3.43. The molecule has 9 heteroatoms. The zero-order valence-electron chi connectivity index (χ0n) is 21.5. The van der Waals surface area contributed by atoms with E-state index in [1.54, 1.807) is 66.4 Å². The average Bonchev–Trinajstić information content (AvgIpc) is 2.88. The van der Waals surface area contributed by atoms with E-state index in [0.29, 0.717) is 35.7 Å². The summed E-state index contributed by atoms with van der Waals surface area (Å²) in [6.45, 7) is 4.76. The van der Waals surface area contributed by atoms with Gasteiger partial charge in [0.1, 0.15) is 19.0 Å². The molecule has 0 saturated heterocycles. The number of fused-ring (bicyclic) bond motifs is 1. The van der Waals surface area contributed by atoms with E-state index in [2.05, 4.69) is 5.32 Å². The highest BCUT2D eigenvalue weighted by Gasteiger charge is 2.30. The molecule has 3 amide bonds. The van der Waals surface area contributed by atoms with Crippen LogP contribution in [0.25, 0.3) is 0 Å². The second-order valence-corrected chi connectivity index (χ2v) is 9.11. The number of nitrogens with one attached hydrogen (secondary N) is 1. The van der Waals surface area contributed by atoms with Gasteiger partial charge >= 0.3 is 0 Å². The molecular formula is C27H35N3O6. The van der Waals surface area contributed by atoms with E-state index in [1.807, 2.05) is 19.9 Å². The van der Waals surface area contributed by atoms with Crippen LogP contribution in [0.5, 0.6) is 5.75 Å². The summed E-state index contributed by atoms with van der Waals surface area (Å²) in [5, 5.41) is 2.85. The Morgan fingerprint density at radius 3 is 2.47 bits per heavy atom. The van der Waals surface area contributed by atoms with Crippen molar-refractivity contribution >= 4 is 23.4 Å². The molecule has 0 saturated carbocycles. The number of carbonyl (C=O) groups excluding carboxylic acids is 3. The van der Waals surface area contributed by atoms with Crippen molar-refractivity contribution in [3.63, 3.8) is 0 Å². The van der Waals surface area contributed by atoms with Crippen molar-refractivity contribution in [3.05, 3.63) is 59.7 Å². The van der Waals surface area contributed by atoms with Gasteiger partial charge in [0.25, 0.3) is 11.8 Å². The van der Waals surface area contributed by atoms with E-state index in [9.17, 15) is 14.4 Å². The highest BCUT2D eigenvalue weighted by molar-refractivity contribution is 6.05. The molecule has 3 atom stereocenters. The summed E-state index contributed by atoms with van der Waals surface area (Å²) in [7, 11) is 4.80. The molecule has 0 spiro atoms. The van der Waals surface area contributed by atoms with Crippen LogP contribution in [-0.2, 0) is 14.3 Å². The van der Waals surface area contributed by atoms with E-state index in [4.69, 9.17) is 14.2 Å². The van der Waals surface area contributed by atoms with Crippen molar-refractivity contribution in [2.24, 2.45) is 5.92 Å². The quantitative estimate of drug-likeness (QED) is 0.682. The van der Waals surface area contributed by atoms with Crippen LogP contribution in [0.4, 0.5) is 5.69 Å². The first kappa shape index (κ1) is 27.2. The van der Waals surface area contributed by atoms with Gasteiger partial charge in [0, 0.05) is 57.6 Å². The highest BCUT2D eigenvalue weighted by Crippen LogP contribution is 2.27. The predicted molar refractivity (Wildman–Crippen MR) is 136 cm³/mol. The topological polar surface area (TPSA) is 97.4 Å². The Kier molecular flexibility index (Phi) is 9.44. The van der Waals surface area contributed by atoms with Crippen LogP contribution in [-0.4, -0.2) is 87.2 Å². The fraction of sp³-hybridized carbons (Fsp3) is 0.444. The first-order chi connectivity index (χ1) is 17.2. The lowest BCUT2D eigenvalue weighted by atomic mass is 10.0. The Balaban J connectivity index is 1.94. The zero-order chi connectivity index (χ0) is 26.2. The van der Waals surface area contributed by atoms with Crippen molar-refractivity contribution in [3.8, 4) is 5.75 Å². The van der Waals surface area contributed by atoms with Gasteiger partial charge in [-0.15, -0.1) is 0 Å². The number of hydrogen-bond donors (Lipinski definition) is 1. The first-order valence-corrected chi connectivity index (χ1v) is 11.9. The van der Waals surface area contributed by atoms with Crippen molar-refractivity contribution in [1.82, 2.24) is 9.80 Å². The molecule has 0 aliphatic carbocycles. The molecule has 2 aromatic carbocycles. The van der Waals surface area contributed by atoms with Gasteiger partial charge in [-0.25, -0.2) is 0 Å². The number of carbonyl (C=O) groups is 3. The number of benzene rings is 2. The lowest BCUT2D eigenvalue weighted by Gasteiger charge is -2.36. The Morgan fingerprint density at radius 2 is 1.81 bits per heavy atom. The average molecular weight is 498 g/mol. The molecule has 1 N–H and O–H groups in total. The third-order valence-electron chi connectivity index (χ3n) is 6.33. The predicted octanol–water partition coefficient (Wildman–Crippen LogP) is 2.92. The minimum Gasteiger partial charge on any atom is -0.491 e. The standard InChI is InChI=1S/C27H35N3O6/c1-18-14-30(25(31)17-34-4)19(2)16-36-23-13-21(28-26(32)20-9-7-6-8-10-20)11-12-22(23)27(33)29(3)15-24(18)35-5/h6-13,18-19,24H,14-17H2,1-5H3,(H,28,32)/t18-,19+,24+/m1/s1. The number of methoxy groups -OCH3 is 2. The highest BCUT2D eigenvalue weighted by atomic mass is 16.5. The summed E-state index contributed by atoms with van der Waals surface area (Å²) in [4.78, 5) is 42.1. The minimum absolute atomic E-state index is 0.0389. The number of hydrogen-bond acceptors (Lipinski definition) is 6. The first-order valence-electron chi connectivity index (χ1n) is 11.9. The van der Waals surface area contributed by atoms with Crippen molar-refractivity contribution in [1.29, 1.82) is 0 Å². The molecule has 1 aliphatic rings. The number of rotatable bonds is 5. The summed E-state index contributed by atoms with van der Waals surface area (Å²) in [5.41, 5.74) is 1.37. The summed E-state index contributed by atoms with van der Waals surface area (Å²) < 4.78 is 16.9. The second kappa shape index (κ2) is 12.5. The van der Waals surface area contributed by atoms with Crippen molar-refractivity contribution in [2.45, 2.75) is 26.0 Å². The van der Waals surface area contributed by atoms with Gasteiger partial charge in [-0.3, -0.25) is 14.4 Å². The Morgan fingerprint density at radius 1 is 1.08 bits per heavy atom. The fourth-order valence-corrected chi connectivity index (χ4v) is 4.20. The summed E-state index contributed by atoms with van der Waals surface area (Å²) in [6, 6.07) is 13.5. The van der Waals surface area contributed by atoms with Crippen LogP contribution in [0.1, 0.15) is 34.6 Å². The maximum atomic E-state index is 13.3. The van der Waals surface area contributed by atoms with Crippen LogP contribution in [0.2, 0.25) is 0 Å². The third-order valence-corrected chi connectivity index (χ3v) is 6.33. The summed E-state index contributed by atoms with van der Waals surface area (Å²) in [5.74, 6) is -0.357. The number of likely N-dealkylation sites (N-methyl/N-ethyl adjacent to an activating group) is 1. The normalized spacial score (nSPS) is 21.0. The zero-order valence-corrected chi connectivity index (χ0v) is 21.5. The molecule has 1 heterocycles. The second-order valence-electron chi connectivity index (χ2n) is 9.11. The van der Waals surface area contributed by atoms with Crippen LogP contribution in [0.3, 0.4) is 0 Å². The Bertz CT molecular complexity index is 1060. The van der Waals surface area contributed by atoms with Crippen LogP contribution >= 0.6 is 0 Å². The SMILES string of the molecule is COCC(=O)N1C[C@@H](C)[C@@H](OC)CN(C)C(=O)c2ccc(NC(=O)c3ccccc3)cc2OC[C@@H]1C. The maximum absolute atomic E-state index is 13.3. The van der Waals surface area contributed by atoms with Gasteiger partial charge < -0.3 is 29.3 Å². The molecule has 1 aliphatic heterocycles. The van der Waals surface area contributed by atoms with E-state index in [0.717, 1.165) is 0 Å². The monoisotopic (exact) mass is 497 g/mol. The van der Waals surface area contributed by atoms with Gasteiger partial charge in [-0.2, -0.15) is 0 Å². The van der Waals surface area contributed by atoms with Crippen LogP contribution in [0.15, 0.2) is 48.5 Å². The molecule has 194 valence electrons. The van der Waals surface area contributed by atoms with E-state index in [-0.39, 0.29) is 49.0 Å². The molecule has 0 unspecified atom stereocenters. The number of anilines is 1. The van der Waals surface area contributed by atoms with Gasteiger partial charge in [0.05, 0.1) is 17.7 Å². The molecule has 0 bridgehead atoms. The number of amides is 3. The Labute approximate surface area is 212 Å². The molecule has 2 aromatic rings. The van der Waals surface area contributed by atoms with E-state index >= 15 is 0 Å². The van der Waals surface area contributed by atoms with E-state index < -0.39 is 0 Å². The van der Waals surface area contributed by atoms with Crippen LogP contribution in [0, 0.1) is 5.92 Å². The van der Waals surface area contributed by atoms with Gasteiger partial charge in [-0.05, 0) is 31.2 Å². The third kappa shape index (κ3) is 6.61. The van der Waals surface area contributed by atoms with Gasteiger partial charge in [-0.1, -0.05) is 25.1 Å². The molecule has 0 aromatic heterocycles. The lowest BCUT2D eigenvalue weighted by Crippen LogP contribution is -2.49.